The normalized spacial score (nSPS) is 11.5. The Labute approximate surface area is 89.9 Å². The summed E-state index contributed by atoms with van der Waals surface area (Å²) < 4.78 is 0. The first-order chi connectivity index (χ1) is 7.16. The van der Waals surface area contributed by atoms with Crippen LogP contribution in [0.25, 0.3) is 0 Å². The lowest BCUT2D eigenvalue weighted by molar-refractivity contribution is -0.121. The van der Waals surface area contributed by atoms with E-state index in [1.807, 2.05) is 36.4 Å². The molecule has 0 aliphatic carbocycles. The number of hydrogen-bond donors (Lipinski definition) is 0. The maximum absolute atomic E-state index is 11.8. The first kappa shape index (κ1) is 11.3. The standard InChI is InChI=1S/C12H14N2O/c1-10(8-9-13)12(15)14(2)11-6-4-3-5-7-11/h3-7,10H,8H2,1-2H3. The molecule has 1 rings (SSSR count). The highest BCUT2D eigenvalue weighted by Crippen LogP contribution is 2.15. The Morgan fingerprint density at radius 2 is 2.07 bits per heavy atom. The predicted molar refractivity (Wildman–Crippen MR) is 59.2 cm³/mol. The van der Waals surface area contributed by atoms with E-state index in [4.69, 9.17) is 5.26 Å². The third-order valence-corrected chi connectivity index (χ3v) is 2.29. The minimum Gasteiger partial charge on any atom is -0.315 e. The van der Waals surface area contributed by atoms with Crippen LogP contribution in [-0.4, -0.2) is 13.0 Å². The van der Waals surface area contributed by atoms with E-state index >= 15 is 0 Å². The first-order valence-electron chi connectivity index (χ1n) is 4.86. The quantitative estimate of drug-likeness (QED) is 0.754. The lowest BCUT2D eigenvalue weighted by Gasteiger charge is -2.20. The first-order valence-corrected chi connectivity index (χ1v) is 4.86. The van der Waals surface area contributed by atoms with Gasteiger partial charge < -0.3 is 4.90 Å². The van der Waals surface area contributed by atoms with Crippen LogP contribution in [0.2, 0.25) is 0 Å². The number of hydrogen-bond acceptors (Lipinski definition) is 2. The fourth-order valence-electron chi connectivity index (χ4n) is 1.33. The van der Waals surface area contributed by atoms with Crippen molar-refractivity contribution in [3.8, 4) is 6.07 Å². The van der Waals surface area contributed by atoms with Crippen molar-refractivity contribution in [2.75, 3.05) is 11.9 Å². The van der Waals surface area contributed by atoms with Gasteiger partial charge in [0, 0.05) is 25.1 Å². The third kappa shape index (κ3) is 2.81. The SMILES string of the molecule is CC(CC#N)C(=O)N(C)c1ccccc1. The van der Waals surface area contributed by atoms with Gasteiger partial charge in [0.15, 0.2) is 0 Å². The molecule has 1 aromatic rings. The summed E-state index contributed by atoms with van der Waals surface area (Å²) in [5, 5.41) is 8.52. The van der Waals surface area contributed by atoms with Gasteiger partial charge in [0.25, 0.3) is 0 Å². The number of nitrogens with zero attached hydrogens (tertiary/aromatic N) is 2. The third-order valence-electron chi connectivity index (χ3n) is 2.29. The highest BCUT2D eigenvalue weighted by molar-refractivity contribution is 5.94. The minimum absolute atomic E-state index is 0.0252. The zero-order valence-electron chi connectivity index (χ0n) is 8.97. The van der Waals surface area contributed by atoms with E-state index < -0.39 is 0 Å². The molecule has 0 fully saturated rings. The number of benzene rings is 1. The smallest absolute Gasteiger partial charge is 0.230 e. The Morgan fingerprint density at radius 3 is 2.60 bits per heavy atom. The fourth-order valence-corrected chi connectivity index (χ4v) is 1.33. The van der Waals surface area contributed by atoms with Crippen LogP contribution in [0.4, 0.5) is 5.69 Å². The van der Waals surface area contributed by atoms with Crippen molar-refractivity contribution < 1.29 is 4.79 Å². The van der Waals surface area contributed by atoms with Gasteiger partial charge in [0.1, 0.15) is 0 Å². The van der Waals surface area contributed by atoms with Gasteiger partial charge in [-0.15, -0.1) is 0 Å². The van der Waals surface area contributed by atoms with E-state index in [0.717, 1.165) is 5.69 Å². The molecule has 3 heteroatoms. The summed E-state index contributed by atoms with van der Waals surface area (Å²) in [7, 11) is 1.73. The number of nitriles is 1. The van der Waals surface area contributed by atoms with E-state index in [9.17, 15) is 4.79 Å². The number of rotatable bonds is 3. The average Bonchev–Trinajstić information content (AvgIpc) is 2.28. The second-order valence-corrected chi connectivity index (χ2v) is 3.50. The zero-order valence-corrected chi connectivity index (χ0v) is 8.97. The molecule has 0 aliphatic heterocycles. The molecule has 0 heterocycles. The molecule has 0 radical (unpaired) electrons. The largest absolute Gasteiger partial charge is 0.315 e. The monoisotopic (exact) mass is 202 g/mol. The predicted octanol–water partition coefficient (Wildman–Crippen LogP) is 2.20. The molecule has 0 saturated heterocycles. The highest BCUT2D eigenvalue weighted by atomic mass is 16.2. The summed E-state index contributed by atoms with van der Waals surface area (Å²) in [4.78, 5) is 13.4. The molecule has 0 bridgehead atoms. The number of amides is 1. The van der Waals surface area contributed by atoms with Crippen LogP contribution < -0.4 is 4.90 Å². The van der Waals surface area contributed by atoms with Gasteiger partial charge in [-0.2, -0.15) is 5.26 Å². The molecule has 0 aliphatic rings. The van der Waals surface area contributed by atoms with Crippen molar-refractivity contribution in [1.82, 2.24) is 0 Å². The second kappa shape index (κ2) is 5.16. The summed E-state index contributed by atoms with van der Waals surface area (Å²) in [6.07, 6.45) is 0.260. The summed E-state index contributed by atoms with van der Waals surface area (Å²) in [5.74, 6) is -0.275. The number of carbonyl (C=O) groups is 1. The fraction of sp³-hybridized carbons (Fsp3) is 0.333. The molecule has 3 nitrogen and oxygen atoms in total. The number of anilines is 1. The van der Waals surface area contributed by atoms with E-state index in [0.29, 0.717) is 0 Å². The van der Waals surface area contributed by atoms with Crippen LogP contribution in [0.5, 0.6) is 0 Å². The Bertz CT molecular complexity index is 367. The van der Waals surface area contributed by atoms with Gasteiger partial charge in [-0.3, -0.25) is 4.79 Å². The van der Waals surface area contributed by atoms with Gasteiger partial charge in [0.2, 0.25) is 5.91 Å². The summed E-state index contributed by atoms with van der Waals surface area (Å²) in [6, 6.07) is 11.4. The van der Waals surface area contributed by atoms with Crippen molar-refractivity contribution in [2.45, 2.75) is 13.3 Å². The molecule has 0 saturated carbocycles. The number of para-hydroxylation sites is 1. The molecule has 15 heavy (non-hydrogen) atoms. The van der Waals surface area contributed by atoms with E-state index in [2.05, 4.69) is 0 Å². The maximum Gasteiger partial charge on any atom is 0.230 e. The molecular weight excluding hydrogens is 188 g/mol. The topological polar surface area (TPSA) is 44.1 Å². The van der Waals surface area contributed by atoms with Crippen molar-refractivity contribution in [2.24, 2.45) is 5.92 Å². The van der Waals surface area contributed by atoms with Crippen LogP contribution in [0.15, 0.2) is 30.3 Å². The van der Waals surface area contributed by atoms with Gasteiger partial charge in [-0.1, -0.05) is 25.1 Å². The van der Waals surface area contributed by atoms with Crippen LogP contribution >= 0.6 is 0 Å². The van der Waals surface area contributed by atoms with E-state index in [1.54, 1.807) is 18.9 Å². The molecule has 1 unspecified atom stereocenters. The van der Waals surface area contributed by atoms with Gasteiger partial charge in [-0.05, 0) is 12.1 Å². The second-order valence-electron chi connectivity index (χ2n) is 3.50. The molecule has 78 valence electrons. The zero-order chi connectivity index (χ0) is 11.3. The van der Waals surface area contributed by atoms with Crippen LogP contribution in [0.1, 0.15) is 13.3 Å². The van der Waals surface area contributed by atoms with Gasteiger partial charge >= 0.3 is 0 Å². The Balaban J connectivity index is 2.74. The van der Waals surface area contributed by atoms with Crippen molar-refractivity contribution in [3.05, 3.63) is 30.3 Å². The average molecular weight is 202 g/mol. The van der Waals surface area contributed by atoms with Crippen LogP contribution in [0.3, 0.4) is 0 Å². The molecule has 1 atom stereocenters. The van der Waals surface area contributed by atoms with Crippen molar-refractivity contribution in [3.63, 3.8) is 0 Å². The van der Waals surface area contributed by atoms with E-state index in [1.165, 1.54) is 0 Å². The molecule has 0 aromatic heterocycles. The molecule has 1 aromatic carbocycles. The van der Waals surface area contributed by atoms with Crippen LogP contribution in [0, 0.1) is 17.2 Å². The van der Waals surface area contributed by atoms with Gasteiger partial charge in [0.05, 0.1) is 6.07 Å². The lowest BCUT2D eigenvalue weighted by Crippen LogP contribution is -2.31. The van der Waals surface area contributed by atoms with Gasteiger partial charge in [-0.25, -0.2) is 0 Å². The Kier molecular flexibility index (Phi) is 3.87. The van der Waals surface area contributed by atoms with E-state index in [-0.39, 0.29) is 18.2 Å². The van der Waals surface area contributed by atoms with Crippen LogP contribution in [-0.2, 0) is 4.79 Å². The Morgan fingerprint density at radius 1 is 1.47 bits per heavy atom. The van der Waals surface area contributed by atoms with Crippen molar-refractivity contribution in [1.29, 1.82) is 5.26 Å². The highest BCUT2D eigenvalue weighted by Gasteiger charge is 2.17. The summed E-state index contributed by atoms with van der Waals surface area (Å²) in [6.45, 7) is 1.77. The molecule has 0 N–H and O–H groups in total. The Hall–Kier alpha value is -1.82. The molecule has 0 spiro atoms. The van der Waals surface area contributed by atoms with Crippen molar-refractivity contribution >= 4 is 11.6 Å². The summed E-state index contributed by atoms with van der Waals surface area (Å²) in [5.41, 5.74) is 0.854. The number of carbonyl (C=O) groups excluding carboxylic acids is 1. The maximum atomic E-state index is 11.8. The molecule has 1 amide bonds. The minimum atomic E-state index is -0.250. The lowest BCUT2D eigenvalue weighted by atomic mass is 10.1. The molecular formula is C12H14N2O. The summed E-state index contributed by atoms with van der Waals surface area (Å²) >= 11 is 0.